The first kappa shape index (κ1) is 14.8. The Morgan fingerprint density at radius 1 is 1.33 bits per heavy atom. The molecule has 3 unspecified atom stereocenters. The van der Waals surface area contributed by atoms with Gasteiger partial charge in [-0.15, -0.1) is 0 Å². The molecule has 0 aromatic rings. The fourth-order valence-electron chi connectivity index (χ4n) is 2.46. The maximum absolute atomic E-state index is 11.6. The number of aliphatic carboxylic acids is 1. The maximum Gasteiger partial charge on any atom is 0.326 e. The predicted octanol–water partition coefficient (Wildman–Crippen LogP) is 1.83. The van der Waals surface area contributed by atoms with Gasteiger partial charge in [0.25, 0.3) is 0 Å². The van der Waals surface area contributed by atoms with Crippen LogP contribution in [0.1, 0.15) is 40.0 Å². The van der Waals surface area contributed by atoms with Gasteiger partial charge in [0.15, 0.2) is 0 Å². The van der Waals surface area contributed by atoms with Crippen molar-refractivity contribution in [1.29, 1.82) is 0 Å². The second-order valence-electron chi connectivity index (χ2n) is 5.58. The van der Waals surface area contributed by atoms with Gasteiger partial charge in [0.05, 0.1) is 0 Å². The van der Waals surface area contributed by atoms with E-state index in [1.807, 2.05) is 0 Å². The minimum atomic E-state index is -0.991. The SMILES string of the molecule is CC(C)C(NC(=O)NCC1CCCC1C)C(=O)O. The molecule has 0 radical (unpaired) electrons. The molecule has 104 valence electrons. The predicted molar refractivity (Wildman–Crippen MR) is 69.3 cm³/mol. The van der Waals surface area contributed by atoms with E-state index in [2.05, 4.69) is 17.6 Å². The second kappa shape index (κ2) is 6.61. The molecule has 1 rings (SSSR count). The van der Waals surface area contributed by atoms with Crippen LogP contribution < -0.4 is 10.6 Å². The molecule has 2 amide bonds. The molecule has 5 heteroatoms. The van der Waals surface area contributed by atoms with Crippen molar-refractivity contribution in [1.82, 2.24) is 10.6 Å². The Morgan fingerprint density at radius 2 is 2.00 bits per heavy atom. The summed E-state index contributed by atoms with van der Waals surface area (Å²) in [4.78, 5) is 22.6. The Labute approximate surface area is 108 Å². The van der Waals surface area contributed by atoms with Gasteiger partial charge in [0.2, 0.25) is 0 Å². The van der Waals surface area contributed by atoms with Gasteiger partial charge >= 0.3 is 12.0 Å². The van der Waals surface area contributed by atoms with Crippen molar-refractivity contribution in [3.05, 3.63) is 0 Å². The number of amides is 2. The average Bonchev–Trinajstić information content (AvgIpc) is 2.68. The maximum atomic E-state index is 11.6. The highest BCUT2D eigenvalue weighted by atomic mass is 16.4. The van der Waals surface area contributed by atoms with E-state index >= 15 is 0 Å². The average molecular weight is 256 g/mol. The number of hydrogen-bond acceptors (Lipinski definition) is 2. The first-order valence-electron chi connectivity index (χ1n) is 6.69. The molecular formula is C13H24N2O3. The summed E-state index contributed by atoms with van der Waals surface area (Å²) in [6.07, 6.45) is 3.59. The standard InChI is InChI=1S/C13H24N2O3/c1-8(2)11(12(16)17)15-13(18)14-7-10-6-4-5-9(10)3/h8-11H,4-7H2,1-3H3,(H,16,17)(H2,14,15,18). The number of nitrogens with one attached hydrogen (secondary N) is 2. The monoisotopic (exact) mass is 256 g/mol. The first-order valence-corrected chi connectivity index (χ1v) is 6.69. The van der Waals surface area contributed by atoms with Crippen LogP contribution in [-0.4, -0.2) is 29.7 Å². The molecule has 18 heavy (non-hydrogen) atoms. The van der Waals surface area contributed by atoms with E-state index < -0.39 is 12.0 Å². The Hall–Kier alpha value is -1.26. The van der Waals surface area contributed by atoms with Gasteiger partial charge in [-0.05, 0) is 24.2 Å². The van der Waals surface area contributed by atoms with Crippen molar-refractivity contribution < 1.29 is 14.7 Å². The van der Waals surface area contributed by atoms with E-state index in [9.17, 15) is 9.59 Å². The van der Waals surface area contributed by atoms with Gasteiger partial charge in [0.1, 0.15) is 6.04 Å². The van der Waals surface area contributed by atoms with Crippen molar-refractivity contribution in [3.8, 4) is 0 Å². The highest BCUT2D eigenvalue weighted by Crippen LogP contribution is 2.30. The van der Waals surface area contributed by atoms with Crippen molar-refractivity contribution in [3.63, 3.8) is 0 Å². The minimum Gasteiger partial charge on any atom is -0.480 e. The van der Waals surface area contributed by atoms with Crippen molar-refractivity contribution in [2.24, 2.45) is 17.8 Å². The van der Waals surface area contributed by atoms with Crippen LogP contribution in [0.3, 0.4) is 0 Å². The number of rotatable bonds is 5. The lowest BCUT2D eigenvalue weighted by molar-refractivity contribution is -0.140. The Bertz CT molecular complexity index is 305. The van der Waals surface area contributed by atoms with E-state index in [1.165, 1.54) is 12.8 Å². The highest BCUT2D eigenvalue weighted by Gasteiger charge is 2.26. The highest BCUT2D eigenvalue weighted by molar-refractivity contribution is 5.82. The molecule has 0 aliphatic heterocycles. The van der Waals surface area contributed by atoms with Gasteiger partial charge in [-0.1, -0.05) is 33.6 Å². The van der Waals surface area contributed by atoms with Crippen molar-refractivity contribution >= 4 is 12.0 Å². The molecule has 0 aromatic heterocycles. The number of carboxylic acid groups (broad SMARTS) is 1. The summed E-state index contributed by atoms with van der Waals surface area (Å²) in [5, 5.41) is 14.3. The van der Waals surface area contributed by atoms with Crippen LogP contribution in [0.2, 0.25) is 0 Å². The zero-order chi connectivity index (χ0) is 13.7. The van der Waals surface area contributed by atoms with Gasteiger partial charge in [0, 0.05) is 6.54 Å². The van der Waals surface area contributed by atoms with Gasteiger partial charge in [-0.2, -0.15) is 0 Å². The zero-order valence-electron chi connectivity index (χ0n) is 11.4. The van der Waals surface area contributed by atoms with E-state index in [0.717, 1.165) is 6.42 Å². The van der Waals surface area contributed by atoms with Gasteiger partial charge < -0.3 is 15.7 Å². The van der Waals surface area contributed by atoms with Crippen LogP contribution >= 0.6 is 0 Å². The molecule has 1 fully saturated rings. The van der Waals surface area contributed by atoms with Crippen LogP contribution in [0.4, 0.5) is 4.79 Å². The molecular weight excluding hydrogens is 232 g/mol. The number of carbonyl (C=O) groups is 2. The Morgan fingerprint density at radius 3 is 2.44 bits per heavy atom. The number of carboxylic acids is 1. The fraction of sp³-hybridized carbons (Fsp3) is 0.846. The third-order valence-electron chi connectivity index (χ3n) is 3.78. The van der Waals surface area contributed by atoms with Crippen LogP contribution in [0, 0.1) is 17.8 Å². The van der Waals surface area contributed by atoms with E-state index in [-0.39, 0.29) is 11.9 Å². The summed E-state index contributed by atoms with van der Waals surface area (Å²) in [5.41, 5.74) is 0. The molecule has 5 nitrogen and oxygen atoms in total. The molecule has 0 heterocycles. The molecule has 0 saturated heterocycles. The Balaban J connectivity index is 2.34. The van der Waals surface area contributed by atoms with Crippen molar-refractivity contribution in [2.75, 3.05) is 6.54 Å². The van der Waals surface area contributed by atoms with Gasteiger partial charge in [-0.3, -0.25) is 0 Å². The molecule has 0 aromatic carbocycles. The normalized spacial score (nSPS) is 24.9. The van der Waals surface area contributed by atoms with Crippen LogP contribution in [0.5, 0.6) is 0 Å². The second-order valence-corrected chi connectivity index (χ2v) is 5.58. The summed E-state index contributed by atoms with van der Waals surface area (Å²) in [6, 6.07) is -1.21. The lowest BCUT2D eigenvalue weighted by atomic mass is 9.98. The molecule has 1 aliphatic carbocycles. The Kier molecular flexibility index (Phi) is 5.44. The molecule has 3 N–H and O–H groups in total. The van der Waals surface area contributed by atoms with E-state index in [1.54, 1.807) is 13.8 Å². The van der Waals surface area contributed by atoms with Crippen LogP contribution in [0.25, 0.3) is 0 Å². The smallest absolute Gasteiger partial charge is 0.326 e. The van der Waals surface area contributed by atoms with Crippen LogP contribution in [-0.2, 0) is 4.79 Å². The largest absolute Gasteiger partial charge is 0.480 e. The summed E-state index contributed by atoms with van der Waals surface area (Å²) >= 11 is 0. The summed E-state index contributed by atoms with van der Waals surface area (Å²) < 4.78 is 0. The van der Waals surface area contributed by atoms with Crippen molar-refractivity contribution in [2.45, 2.75) is 46.1 Å². The lowest BCUT2D eigenvalue weighted by Gasteiger charge is -2.20. The third kappa shape index (κ3) is 4.20. The number of carbonyl (C=O) groups excluding carboxylic acids is 1. The first-order chi connectivity index (χ1) is 8.41. The fourth-order valence-corrected chi connectivity index (χ4v) is 2.46. The summed E-state index contributed by atoms with van der Waals surface area (Å²) in [5.74, 6) is 0.0526. The molecule has 0 bridgehead atoms. The zero-order valence-corrected chi connectivity index (χ0v) is 11.4. The summed E-state index contributed by atoms with van der Waals surface area (Å²) in [7, 11) is 0. The van der Waals surface area contributed by atoms with E-state index in [4.69, 9.17) is 5.11 Å². The molecule has 1 saturated carbocycles. The lowest BCUT2D eigenvalue weighted by Crippen LogP contribution is -2.49. The topological polar surface area (TPSA) is 78.4 Å². The van der Waals surface area contributed by atoms with E-state index in [0.29, 0.717) is 18.4 Å². The summed E-state index contributed by atoms with van der Waals surface area (Å²) in [6.45, 7) is 6.39. The molecule has 3 atom stereocenters. The molecule has 1 aliphatic rings. The minimum absolute atomic E-state index is 0.126. The van der Waals surface area contributed by atoms with Crippen LogP contribution in [0.15, 0.2) is 0 Å². The quantitative estimate of drug-likeness (QED) is 0.702. The number of urea groups is 1. The van der Waals surface area contributed by atoms with Gasteiger partial charge in [-0.25, -0.2) is 9.59 Å². The molecule has 0 spiro atoms. The number of hydrogen-bond donors (Lipinski definition) is 3. The third-order valence-corrected chi connectivity index (χ3v) is 3.78.